The highest BCUT2D eigenvalue weighted by Crippen LogP contribution is 2.31. The third-order valence-electron chi connectivity index (χ3n) is 2.40. The van der Waals surface area contributed by atoms with E-state index < -0.39 is 10.1 Å². The molecule has 90 valence electrons. The molecule has 0 aliphatic carbocycles. The maximum atomic E-state index is 11.4. The van der Waals surface area contributed by atoms with Crippen molar-refractivity contribution < 1.29 is 17.7 Å². The predicted octanol–water partition coefficient (Wildman–Crippen LogP) is 1.80. The zero-order chi connectivity index (χ0) is 12.6. The monoisotopic (exact) mass is 253 g/mol. The fraction of sp³-hybridized carbons (Fsp3) is 0.182. The van der Waals surface area contributed by atoms with Gasteiger partial charge in [0.05, 0.1) is 12.6 Å². The number of hydrogen-bond donors (Lipinski definition) is 1. The molecule has 6 heteroatoms. The molecule has 0 atom stereocenters. The van der Waals surface area contributed by atoms with Gasteiger partial charge in [-0.2, -0.15) is 8.42 Å². The summed E-state index contributed by atoms with van der Waals surface area (Å²) in [5.41, 5.74) is 1.27. The van der Waals surface area contributed by atoms with Crippen molar-refractivity contribution in [1.82, 2.24) is 4.98 Å². The van der Waals surface area contributed by atoms with Crippen LogP contribution in [0.1, 0.15) is 5.69 Å². The number of nitrogens with zero attached hydrogens (tertiary/aromatic N) is 1. The lowest BCUT2D eigenvalue weighted by Gasteiger charge is -2.09. The van der Waals surface area contributed by atoms with Gasteiger partial charge in [-0.3, -0.25) is 9.54 Å². The summed E-state index contributed by atoms with van der Waals surface area (Å²) in [6.07, 6.45) is 0. The Bertz CT molecular complexity index is 679. The Morgan fingerprint density at radius 3 is 2.53 bits per heavy atom. The van der Waals surface area contributed by atoms with Gasteiger partial charge in [0.15, 0.2) is 0 Å². The van der Waals surface area contributed by atoms with E-state index >= 15 is 0 Å². The summed E-state index contributed by atoms with van der Waals surface area (Å²) in [5, 5.41) is 0.345. The number of fused-ring (bicyclic) bond motifs is 1. The number of aromatic nitrogens is 1. The fourth-order valence-corrected chi connectivity index (χ4v) is 2.54. The first-order valence-electron chi connectivity index (χ1n) is 4.85. The van der Waals surface area contributed by atoms with E-state index in [9.17, 15) is 13.0 Å². The van der Waals surface area contributed by atoms with Crippen molar-refractivity contribution in [2.75, 3.05) is 7.11 Å². The van der Waals surface area contributed by atoms with Gasteiger partial charge >= 0.3 is 0 Å². The van der Waals surface area contributed by atoms with E-state index in [0.717, 1.165) is 5.69 Å². The molecule has 1 aromatic heterocycles. The first kappa shape index (κ1) is 11.8. The van der Waals surface area contributed by atoms with E-state index in [2.05, 4.69) is 4.98 Å². The molecule has 1 heterocycles. The molecule has 0 radical (unpaired) electrons. The SMILES string of the molecule is COc1ccc2nc(C)ccc2c1S(=O)(=O)O. The standard InChI is InChI=1S/C11H11NO4S/c1-7-3-4-8-9(12-7)5-6-10(16-2)11(8)17(13,14)15/h3-6H,1-2H3,(H,13,14,15). The van der Waals surface area contributed by atoms with Gasteiger partial charge in [-0.15, -0.1) is 0 Å². The normalized spacial score (nSPS) is 11.7. The maximum Gasteiger partial charge on any atom is 0.298 e. The minimum Gasteiger partial charge on any atom is -0.495 e. The molecule has 0 amide bonds. The second-order valence-electron chi connectivity index (χ2n) is 3.59. The van der Waals surface area contributed by atoms with E-state index in [1.165, 1.54) is 13.2 Å². The third kappa shape index (κ3) is 2.09. The van der Waals surface area contributed by atoms with Crippen LogP contribution in [0.15, 0.2) is 29.2 Å². The summed E-state index contributed by atoms with van der Waals surface area (Å²) in [5.74, 6) is 0.102. The first-order chi connectivity index (χ1) is 7.93. The van der Waals surface area contributed by atoms with Crippen molar-refractivity contribution in [1.29, 1.82) is 0 Å². The van der Waals surface area contributed by atoms with Gasteiger partial charge in [0, 0.05) is 11.1 Å². The van der Waals surface area contributed by atoms with Gasteiger partial charge in [0.2, 0.25) is 0 Å². The molecule has 0 saturated heterocycles. The lowest BCUT2D eigenvalue weighted by Crippen LogP contribution is -2.03. The molecule has 0 aliphatic heterocycles. The van der Waals surface area contributed by atoms with Gasteiger partial charge in [0.25, 0.3) is 10.1 Å². The minimum atomic E-state index is -4.35. The fourth-order valence-electron chi connectivity index (χ4n) is 1.69. The molecular weight excluding hydrogens is 242 g/mol. The molecule has 17 heavy (non-hydrogen) atoms. The van der Waals surface area contributed by atoms with Crippen molar-refractivity contribution in [3.8, 4) is 5.75 Å². The summed E-state index contributed by atoms with van der Waals surface area (Å²) in [6.45, 7) is 1.80. The second kappa shape index (κ2) is 3.97. The minimum absolute atomic E-state index is 0.102. The van der Waals surface area contributed by atoms with Crippen molar-refractivity contribution >= 4 is 21.0 Å². The predicted molar refractivity (Wildman–Crippen MR) is 62.8 cm³/mol. The highest BCUT2D eigenvalue weighted by Gasteiger charge is 2.20. The lowest BCUT2D eigenvalue weighted by molar-refractivity contribution is 0.399. The summed E-state index contributed by atoms with van der Waals surface area (Å²) >= 11 is 0. The quantitative estimate of drug-likeness (QED) is 0.826. The molecule has 1 N–H and O–H groups in total. The number of ether oxygens (including phenoxy) is 1. The van der Waals surface area contributed by atoms with Gasteiger partial charge in [-0.1, -0.05) is 0 Å². The zero-order valence-electron chi connectivity index (χ0n) is 9.34. The van der Waals surface area contributed by atoms with Crippen LogP contribution < -0.4 is 4.74 Å². The summed E-state index contributed by atoms with van der Waals surface area (Å²) in [6, 6.07) is 6.40. The lowest BCUT2D eigenvalue weighted by atomic mass is 10.2. The average molecular weight is 253 g/mol. The zero-order valence-corrected chi connectivity index (χ0v) is 10.2. The van der Waals surface area contributed by atoms with E-state index in [-0.39, 0.29) is 10.6 Å². The molecular formula is C11H11NO4S. The number of rotatable bonds is 2. The van der Waals surface area contributed by atoms with Crippen LogP contribution in [0.25, 0.3) is 10.9 Å². The Labute approximate surface area is 98.8 Å². The van der Waals surface area contributed by atoms with E-state index in [1.54, 1.807) is 25.1 Å². The molecule has 2 aromatic rings. The molecule has 0 saturated carbocycles. The van der Waals surface area contributed by atoms with Crippen LogP contribution in [-0.2, 0) is 10.1 Å². The van der Waals surface area contributed by atoms with Crippen LogP contribution in [0.5, 0.6) is 5.75 Å². The van der Waals surface area contributed by atoms with E-state index in [1.807, 2.05) is 0 Å². The number of pyridine rings is 1. The summed E-state index contributed by atoms with van der Waals surface area (Å²) in [4.78, 5) is 3.95. The summed E-state index contributed by atoms with van der Waals surface area (Å²) < 4.78 is 36.9. The Hall–Kier alpha value is -1.66. The number of benzene rings is 1. The molecule has 1 aromatic carbocycles. The Kier molecular flexibility index (Phi) is 2.76. The summed E-state index contributed by atoms with van der Waals surface area (Å²) in [7, 11) is -3.01. The van der Waals surface area contributed by atoms with Gasteiger partial charge in [0.1, 0.15) is 10.6 Å². The first-order valence-corrected chi connectivity index (χ1v) is 6.29. The highest BCUT2D eigenvalue weighted by molar-refractivity contribution is 7.86. The third-order valence-corrected chi connectivity index (χ3v) is 3.34. The number of hydrogen-bond acceptors (Lipinski definition) is 4. The molecule has 0 fully saturated rings. The van der Waals surface area contributed by atoms with Crippen LogP contribution in [0, 0.1) is 6.92 Å². The molecule has 2 rings (SSSR count). The second-order valence-corrected chi connectivity index (χ2v) is 4.95. The topological polar surface area (TPSA) is 76.5 Å². The molecule has 5 nitrogen and oxygen atoms in total. The van der Waals surface area contributed by atoms with Crippen molar-refractivity contribution in [3.05, 3.63) is 30.0 Å². The molecule has 0 bridgehead atoms. The van der Waals surface area contributed by atoms with E-state index in [4.69, 9.17) is 4.74 Å². The van der Waals surface area contributed by atoms with Crippen molar-refractivity contribution in [2.24, 2.45) is 0 Å². The largest absolute Gasteiger partial charge is 0.495 e. The van der Waals surface area contributed by atoms with Gasteiger partial charge in [-0.25, -0.2) is 0 Å². The van der Waals surface area contributed by atoms with Crippen molar-refractivity contribution in [3.63, 3.8) is 0 Å². The van der Waals surface area contributed by atoms with Crippen LogP contribution in [-0.4, -0.2) is 25.1 Å². The molecule has 0 aliphatic rings. The van der Waals surface area contributed by atoms with E-state index in [0.29, 0.717) is 10.9 Å². The molecule has 0 unspecified atom stereocenters. The van der Waals surface area contributed by atoms with Crippen molar-refractivity contribution in [2.45, 2.75) is 11.8 Å². The van der Waals surface area contributed by atoms with Crippen LogP contribution in [0.2, 0.25) is 0 Å². The number of aryl methyl sites for hydroxylation is 1. The maximum absolute atomic E-state index is 11.4. The highest BCUT2D eigenvalue weighted by atomic mass is 32.2. The average Bonchev–Trinajstić information content (AvgIpc) is 2.25. The van der Waals surface area contributed by atoms with Crippen LogP contribution >= 0.6 is 0 Å². The van der Waals surface area contributed by atoms with Crippen LogP contribution in [0.4, 0.5) is 0 Å². The van der Waals surface area contributed by atoms with Gasteiger partial charge < -0.3 is 4.74 Å². The Morgan fingerprint density at radius 1 is 1.24 bits per heavy atom. The van der Waals surface area contributed by atoms with Gasteiger partial charge in [-0.05, 0) is 31.2 Å². The molecule has 0 spiro atoms. The smallest absolute Gasteiger partial charge is 0.298 e. The Balaban J connectivity index is 2.94. The number of methoxy groups -OCH3 is 1. The Morgan fingerprint density at radius 2 is 1.94 bits per heavy atom. The van der Waals surface area contributed by atoms with Crippen LogP contribution in [0.3, 0.4) is 0 Å².